The van der Waals surface area contributed by atoms with Crippen molar-refractivity contribution < 1.29 is 14.0 Å². The second-order valence-electron chi connectivity index (χ2n) is 5.64. The van der Waals surface area contributed by atoms with Crippen LogP contribution in [0.15, 0.2) is 66.7 Å². The summed E-state index contributed by atoms with van der Waals surface area (Å²) in [6, 6.07) is 18.8. The van der Waals surface area contributed by atoms with Crippen LogP contribution < -0.4 is 16.0 Å². The second-order valence-corrected chi connectivity index (χ2v) is 5.64. The van der Waals surface area contributed by atoms with Crippen LogP contribution in [0.2, 0.25) is 0 Å². The summed E-state index contributed by atoms with van der Waals surface area (Å²) in [4.78, 5) is 23.9. The van der Waals surface area contributed by atoms with Crippen LogP contribution in [0.5, 0.6) is 0 Å². The first-order valence-corrected chi connectivity index (χ1v) is 8.20. The molecule has 0 spiro atoms. The number of fused-ring (bicyclic) bond motifs is 1. The first kappa shape index (κ1) is 17.4. The van der Waals surface area contributed by atoms with Gasteiger partial charge in [-0.05, 0) is 23.6 Å². The van der Waals surface area contributed by atoms with Crippen LogP contribution in [0.1, 0.15) is 10.4 Å². The van der Waals surface area contributed by atoms with Crippen molar-refractivity contribution in [2.24, 2.45) is 0 Å². The number of benzene rings is 3. The predicted octanol–water partition coefficient (Wildman–Crippen LogP) is 3.53. The Morgan fingerprint density at radius 2 is 1.50 bits per heavy atom. The van der Waals surface area contributed by atoms with E-state index in [0.717, 1.165) is 10.8 Å². The van der Waals surface area contributed by atoms with Gasteiger partial charge < -0.3 is 16.0 Å². The molecule has 0 saturated heterocycles. The van der Waals surface area contributed by atoms with Gasteiger partial charge in [0.2, 0.25) is 0 Å². The van der Waals surface area contributed by atoms with Crippen LogP contribution in [0.3, 0.4) is 0 Å². The molecule has 6 heteroatoms. The average Bonchev–Trinajstić information content (AvgIpc) is 2.66. The molecule has 0 aliphatic heterocycles. The molecule has 3 rings (SSSR count). The third kappa shape index (κ3) is 4.16. The number of hydrogen-bond acceptors (Lipinski definition) is 2. The Balaban J connectivity index is 1.49. The van der Waals surface area contributed by atoms with E-state index in [1.165, 1.54) is 18.2 Å². The maximum Gasteiger partial charge on any atom is 0.319 e. The van der Waals surface area contributed by atoms with Gasteiger partial charge in [-0.1, -0.05) is 48.5 Å². The summed E-state index contributed by atoms with van der Waals surface area (Å²) in [5, 5.41) is 9.99. The van der Waals surface area contributed by atoms with Crippen molar-refractivity contribution in [3.05, 3.63) is 78.1 Å². The number of rotatable bonds is 5. The number of urea groups is 1. The number of halogens is 1. The Hall–Kier alpha value is -3.41. The largest absolute Gasteiger partial charge is 0.350 e. The summed E-state index contributed by atoms with van der Waals surface area (Å²) >= 11 is 0. The molecule has 3 N–H and O–H groups in total. The van der Waals surface area contributed by atoms with Gasteiger partial charge in [-0.25, -0.2) is 9.18 Å². The first-order chi connectivity index (χ1) is 12.6. The third-order valence-electron chi connectivity index (χ3n) is 3.85. The molecule has 0 unspecified atom stereocenters. The van der Waals surface area contributed by atoms with E-state index in [4.69, 9.17) is 0 Å². The number of hydrogen-bond donors (Lipinski definition) is 3. The van der Waals surface area contributed by atoms with Crippen LogP contribution in [0.4, 0.5) is 14.9 Å². The monoisotopic (exact) mass is 351 g/mol. The van der Waals surface area contributed by atoms with Gasteiger partial charge in [0.15, 0.2) is 0 Å². The first-order valence-electron chi connectivity index (χ1n) is 8.20. The molecule has 0 saturated carbocycles. The Kier molecular flexibility index (Phi) is 5.43. The van der Waals surface area contributed by atoms with Gasteiger partial charge in [0.25, 0.3) is 5.91 Å². The van der Waals surface area contributed by atoms with Gasteiger partial charge in [-0.15, -0.1) is 0 Å². The Morgan fingerprint density at radius 1 is 0.808 bits per heavy atom. The molecule has 0 bridgehead atoms. The summed E-state index contributed by atoms with van der Waals surface area (Å²) in [7, 11) is 0. The molecule has 0 fully saturated rings. The quantitative estimate of drug-likeness (QED) is 0.616. The number of carbonyl (C=O) groups is 2. The van der Waals surface area contributed by atoms with Crippen molar-refractivity contribution >= 4 is 28.4 Å². The summed E-state index contributed by atoms with van der Waals surface area (Å²) < 4.78 is 13.5. The topological polar surface area (TPSA) is 70.2 Å². The highest BCUT2D eigenvalue weighted by molar-refractivity contribution is 6.01. The van der Waals surface area contributed by atoms with Gasteiger partial charge in [-0.2, -0.15) is 0 Å². The Morgan fingerprint density at radius 3 is 2.35 bits per heavy atom. The highest BCUT2D eigenvalue weighted by Gasteiger charge is 2.10. The molecule has 0 atom stereocenters. The molecule has 3 aromatic carbocycles. The molecule has 0 radical (unpaired) electrons. The van der Waals surface area contributed by atoms with Gasteiger partial charge in [0, 0.05) is 18.5 Å². The molecule has 3 amide bonds. The van der Waals surface area contributed by atoms with E-state index < -0.39 is 11.7 Å². The molecule has 3 aromatic rings. The number of anilines is 1. The summed E-state index contributed by atoms with van der Waals surface area (Å²) in [5.41, 5.74) is 0.684. The lowest BCUT2D eigenvalue weighted by molar-refractivity contribution is 0.0950. The van der Waals surface area contributed by atoms with E-state index >= 15 is 0 Å². The van der Waals surface area contributed by atoms with Gasteiger partial charge in [0.1, 0.15) is 5.82 Å². The maximum atomic E-state index is 13.5. The zero-order chi connectivity index (χ0) is 18.4. The number of amides is 3. The third-order valence-corrected chi connectivity index (χ3v) is 3.85. The van der Waals surface area contributed by atoms with Crippen molar-refractivity contribution in [1.82, 2.24) is 10.6 Å². The predicted molar refractivity (Wildman–Crippen MR) is 99.7 cm³/mol. The van der Waals surface area contributed by atoms with E-state index in [1.54, 1.807) is 6.07 Å². The van der Waals surface area contributed by atoms with E-state index in [-0.39, 0.29) is 24.7 Å². The lowest BCUT2D eigenvalue weighted by Crippen LogP contribution is -2.37. The number of nitrogens with one attached hydrogen (secondary N) is 3. The van der Waals surface area contributed by atoms with Crippen LogP contribution in [-0.2, 0) is 0 Å². The number of carbonyl (C=O) groups excluding carboxylic acids is 2. The van der Waals surface area contributed by atoms with Crippen molar-refractivity contribution in [2.75, 3.05) is 18.4 Å². The van der Waals surface area contributed by atoms with Crippen LogP contribution in [-0.4, -0.2) is 25.0 Å². The average molecular weight is 351 g/mol. The SMILES string of the molecule is O=C(NCCNC(=O)c1ccccc1F)Nc1cccc2ccccc12. The second kappa shape index (κ2) is 8.11. The standard InChI is InChI=1S/C20H18FN3O2/c21-17-10-4-3-9-16(17)19(25)22-12-13-23-20(26)24-18-11-5-7-14-6-1-2-8-15(14)18/h1-11H,12-13H2,(H,22,25)(H2,23,24,26). The zero-order valence-corrected chi connectivity index (χ0v) is 14.0. The summed E-state index contributed by atoms with van der Waals surface area (Å²) in [6.07, 6.45) is 0. The van der Waals surface area contributed by atoms with Crippen LogP contribution in [0, 0.1) is 5.82 Å². The fourth-order valence-electron chi connectivity index (χ4n) is 2.59. The molecule has 132 valence electrons. The lowest BCUT2D eigenvalue weighted by atomic mass is 10.1. The minimum absolute atomic E-state index is 0.0206. The maximum absolute atomic E-state index is 13.5. The zero-order valence-electron chi connectivity index (χ0n) is 14.0. The molecule has 26 heavy (non-hydrogen) atoms. The minimum atomic E-state index is -0.577. The highest BCUT2D eigenvalue weighted by Crippen LogP contribution is 2.22. The van der Waals surface area contributed by atoms with Crippen molar-refractivity contribution in [1.29, 1.82) is 0 Å². The van der Waals surface area contributed by atoms with Gasteiger partial charge in [0.05, 0.1) is 11.3 Å². The Bertz CT molecular complexity index is 938. The van der Waals surface area contributed by atoms with Crippen molar-refractivity contribution in [3.63, 3.8) is 0 Å². The van der Waals surface area contributed by atoms with E-state index in [0.29, 0.717) is 5.69 Å². The minimum Gasteiger partial charge on any atom is -0.350 e. The summed E-state index contributed by atoms with van der Waals surface area (Å²) in [6.45, 7) is 0.410. The fourth-order valence-corrected chi connectivity index (χ4v) is 2.59. The molecule has 5 nitrogen and oxygen atoms in total. The summed E-state index contributed by atoms with van der Waals surface area (Å²) in [5.74, 6) is -1.09. The fraction of sp³-hybridized carbons (Fsp3) is 0.100. The normalized spacial score (nSPS) is 10.3. The van der Waals surface area contributed by atoms with Gasteiger partial charge >= 0.3 is 6.03 Å². The van der Waals surface area contributed by atoms with Gasteiger partial charge in [-0.3, -0.25) is 4.79 Å². The highest BCUT2D eigenvalue weighted by atomic mass is 19.1. The Labute approximate surface area is 150 Å². The molecule has 0 aliphatic carbocycles. The van der Waals surface area contributed by atoms with Crippen molar-refractivity contribution in [3.8, 4) is 0 Å². The smallest absolute Gasteiger partial charge is 0.319 e. The van der Waals surface area contributed by atoms with Crippen LogP contribution >= 0.6 is 0 Å². The van der Waals surface area contributed by atoms with Crippen molar-refractivity contribution in [2.45, 2.75) is 0 Å². The van der Waals surface area contributed by atoms with E-state index in [1.807, 2.05) is 42.5 Å². The molecule has 0 aliphatic rings. The molecule has 0 aromatic heterocycles. The molecule has 0 heterocycles. The lowest BCUT2D eigenvalue weighted by Gasteiger charge is -2.11. The van der Waals surface area contributed by atoms with E-state index in [9.17, 15) is 14.0 Å². The molecular formula is C20H18FN3O2. The van der Waals surface area contributed by atoms with Crippen LogP contribution in [0.25, 0.3) is 10.8 Å². The van der Waals surface area contributed by atoms with E-state index in [2.05, 4.69) is 16.0 Å². The molecular weight excluding hydrogens is 333 g/mol.